The topological polar surface area (TPSA) is 44.3 Å². The van der Waals surface area contributed by atoms with Gasteiger partial charge in [-0.1, -0.05) is 35.3 Å². The molecule has 156 valence electrons. The van der Waals surface area contributed by atoms with Crippen LogP contribution in [-0.4, -0.2) is 46.6 Å². The zero-order valence-electron chi connectivity index (χ0n) is 17.0. The number of nitrogens with one attached hydrogen (secondary N) is 1. The molecule has 5 rings (SSSR count). The number of piperazine rings is 1. The highest BCUT2D eigenvalue weighted by Gasteiger charge is 2.30. The van der Waals surface area contributed by atoms with Crippen molar-refractivity contribution in [3.8, 4) is 0 Å². The molecular formula is C23H25Cl2N5. The van der Waals surface area contributed by atoms with Gasteiger partial charge in [-0.3, -0.25) is 4.90 Å². The Hall–Kier alpha value is -2.08. The molecule has 2 aromatic carbocycles. The van der Waals surface area contributed by atoms with Gasteiger partial charge in [0.1, 0.15) is 0 Å². The van der Waals surface area contributed by atoms with Gasteiger partial charge in [0.05, 0.1) is 11.0 Å². The number of hydrogen-bond donors (Lipinski definition) is 1. The zero-order chi connectivity index (χ0) is 20.7. The van der Waals surface area contributed by atoms with Crippen molar-refractivity contribution in [2.45, 2.75) is 38.4 Å². The van der Waals surface area contributed by atoms with Gasteiger partial charge in [-0.05, 0) is 55.7 Å². The van der Waals surface area contributed by atoms with Crippen molar-refractivity contribution in [2.75, 3.05) is 29.9 Å². The van der Waals surface area contributed by atoms with E-state index in [1.165, 1.54) is 12.8 Å². The number of benzene rings is 2. The molecule has 2 aliphatic rings. The highest BCUT2D eigenvalue weighted by molar-refractivity contribution is 6.33. The van der Waals surface area contributed by atoms with Crippen LogP contribution in [0.1, 0.15) is 25.3 Å². The molecule has 1 aromatic heterocycles. The third-order valence-corrected chi connectivity index (χ3v) is 6.46. The first-order valence-corrected chi connectivity index (χ1v) is 11.3. The molecule has 1 N–H and O–H groups in total. The van der Waals surface area contributed by atoms with E-state index in [0.717, 1.165) is 64.5 Å². The Bertz CT molecular complexity index is 1070. The van der Waals surface area contributed by atoms with E-state index in [0.29, 0.717) is 12.1 Å². The standard InChI is InChI=1S/C23H25Cl2N5/c1-15-13-29(14-16-12-17(24)6-9-19(16)25)10-11-30(15)23-22(26-18-7-8-18)27-20-4-2-3-5-21(20)28-23/h2-6,9,12,15,18H,7-8,10-11,13-14H2,1H3,(H,26,27). The number of rotatable bonds is 5. The number of nitrogens with zero attached hydrogens (tertiary/aromatic N) is 4. The van der Waals surface area contributed by atoms with Crippen molar-refractivity contribution in [1.29, 1.82) is 0 Å². The fraction of sp³-hybridized carbons (Fsp3) is 0.391. The SMILES string of the molecule is CC1CN(Cc2cc(Cl)ccc2Cl)CCN1c1nc2ccccc2nc1NC1CC1. The molecule has 2 heterocycles. The van der Waals surface area contributed by atoms with E-state index >= 15 is 0 Å². The summed E-state index contributed by atoms with van der Waals surface area (Å²) in [6.07, 6.45) is 2.41. The van der Waals surface area contributed by atoms with Crippen LogP contribution >= 0.6 is 23.2 Å². The molecule has 30 heavy (non-hydrogen) atoms. The lowest BCUT2D eigenvalue weighted by Gasteiger charge is -2.41. The molecule has 5 nitrogen and oxygen atoms in total. The summed E-state index contributed by atoms with van der Waals surface area (Å²) in [5.41, 5.74) is 2.95. The van der Waals surface area contributed by atoms with Gasteiger partial charge in [-0.2, -0.15) is 0 Å². The molecule has 0 amide bonds. The second kappa shape index (κ2) is 8.22. The van der Waals surface area contributed by atoms with Crippen molar-refractivity contribution in [1.82, 2.24) is 14.9 Å². The molecule has 0 radical (unpaired) electrons. The summed E-state index contributed by atoms with van der Waals surface area (Å²) in [7, 11) is 0. The Labute approximate surface area is 187 Å². The first kappa shape index (κ1) is 19.9. The average Bonchev–Trinajstić information content (AvgIpc) is 3.55. The van der Waals surface area contributed by atoms with Crippen molar-refractivity contribution in [3.63, 3.8) is 0 Å². The van der Waals surface area contributed by atoms with Crippen molar-refractivity contribution < 1.29 is 0 Å². The quantitative estimate of drug-likeness (QED) is 0.587. The highest BCUT2D eigenvalue weighted by Crippen LogP contribution is 2.33. The molecule has 1 saturated heterocycles. The predicted molar refractivity (Wildman–Crippen MR) is 125 cm³/mol. The second-order valence-corrected chi connectivity index (χ2v) is 9.16. The number of halogens is 2. The Morgan fingerprint density at radius 2 is 1.80 bits per heavy atom. The van der Waals surface area contributed by atoms with Gasteiger partial charge in [-0.15, -0.1) is 0 Å². The Morgan fingerprint density at radius 3 is 2.53 bits per heavy atom. The Morgan fingerprint density at radius 1 is 1.03 bits per heavy atom. The maximum atomic E-state index is 6.38. The summed E-state index contributed by atoms with van der Waals surface area (Å²) in [6, 6.07) is 14.6. The van der Waals surface area contributed by atoms with Gasteiger partial charge in [-0.25, -0.2) is 9.97 Å². The minimum Gasteiger partial charge on any atom is -0.364 e. The molecule has 7 heteroatoms. The van der Waals surface area contributed by atoms with Gasteiger partial charge in [0.25, 0.3) is 0 Å². The fourth-order valence-electron chi connectivity index (χ4n) is 4.11. The Kier molecular flexibility index (Phi) is 5.44. The molecule has 1 atom stereocenters. The van der Waals surface area contributed by atoms with Crippen molar-refractivity contribution >= 4 is 45.9 Å². The molecule has 2 fully saturated rings. The molecule has 1 saturated carbocycles. The molecule has 0 spiro atoms. The van der Waals surface area contributed by atoms with Crippen LogP contribution in [0, 0.1) is 0 Å². The summed E-state index contributed by atoms with van der Waals surface area (Å²) in [5.74, 6) is 1.88. The summed E-state index contributed by atoms with van der Waals surface area (Å²) < 4.78 is 0. The minimum absolute atomic E-state index is 0.312. The average molecular weight is 442 g/mol. The van der Waals surface area contributed by atoms with Gasteiger partial charge >= 0.3 is 0 Å². The molecule has 1 aliphatic carbocycles. The van der Waals surface area contributed by atoms with Gasteiger partial charge < -0.3 is 10.2 Å². The summed E-state index contributed by atoms with van der Waals surface area (Å²) >= 11 is 12.6. The molecular weight excluding hydrogens is 417 g/mol. The van der Waals surface area contributed by atoms with E-state index in [4.69, 9.17) is 33.2 Å². The van der Waals surface area contributed by atoms with E-state index in [-0.39, 0.29) is 0 Å². The van der Waals surface area contributed by atoms with E-state index in [9.17, 15) is 0 Å². The van der Waals surface area contributed by atoms with Gasteiger partial charge in [0.15, 0.2) is 11.6 Å². The first-order valence-electron chi connectivity index (χ1n) is 10.5. The third kappa shape index (κ3) is 4.20. The normalized spacial score (nSPS) is 20.0. The van der Waals surface area contributed by atoms with Crippen LogP contribution in [0.25, 0.3) is 11.0 Å². The van der Waals surface area contributed by atoms with E-state index in [2.05, 4.69) is 22.0 Å². The minimum atomic E-state index is 0.312. The number of anilines is 2. The maximum absolute atomic E-state index is 6.38. The Balaban J connectivity index is 1.37. The summed E-state index contributed by atoms with van der Waals surface area (Å²) in [4.78, 5) is 14.7. The fourth-order valence-corrected chi connectivity index (χ4v) is 4.48. The number of para-hydroxylation sites is 2. The van der Waals surface area contributed by atoms with Crippen LogP contribution in [0.4, 0.5) is 11.6 Å². The molecule has 1 aliphatic heterocycles. The smallest absolute Gasteiger partial charge is 0.172 e. The zero-order valence-corrected chi connectivity index (χ0v) is 18.5. The van der Waals surface area contributed by atoms with Crippen LogP contribution < -0.4 is 10.2 Å². The lowest BCUT2D eigenvalue weighted by molar-refractivity contribution is 0.220. The van der Waals surface area contributed by atoms with Crippen LogP contribution in [0.5, 0.6) is 0 Å². The monoisotopic (exact) mass is 441 g/mol. The van der Waals surface area contributed by atoms with Gasteiger partial charge in [0, 0.05) is 48.3 Å². The number of hydrogen-bond acceptors (Lipinski definition) is 5. The van der Waals surface area contributed by atoms with E-state index < -0.39 is 0 Å². The predicted octanol–water partition coefficient (Wildman–Crippen LogP) is 5.22. The van der Waals surface area contributed by atoms with Crippen LogP contribution in [0.3, 0.4) is 0 Å². The van der Waals surface area contributed by atoms with Crippen LogP contribution in [-0.2, 0) is 6.54 Å². The van der Waals surface area contributed by atoms with Crippen LogP contribution in [0.2, 0.25) is 10.0 Å². The summed E-state index contributed by atoms with van der Waals surface area (Å²) in [5, 5.41) is 5.09. The first-order chi connectivity index (χ1) is 14.6. The maximum Gasteiger partial charge on any atom is 0.172 e. The largest absolute Gasteiger partial charge is 0.364 e. The molecule has 3 aromatic rings. The second-order valence-electron chi connectivity index (χ2n) is 8.32. The lowest BCUT2D eigenvalue weighted by atomic mass is 10.1. The lowest BCUT2D eigenvalue weighted by Crippen LogP contribution is -2.52. The highest BCUT2D eigenvalue weighted by atomic mass is 35.5. The van der Waals surface area contributed by atoms with Gasteiger partial charge in [0.2, 0.25) is 0 Å². The number of aromatic nitrogens is 2. The third-order valence-electron chi connectivity index (χ3n) is 5.86. The molecule has 1 unspecified atom stereocenters. The van der Waals surface area contributed by atoms with E-state index in [1.54, 1.807) is 0 Å². The van der Waals surface area contributed by atoms with Crippen molar-refractivity contribution in [2.24, 2.45) is 0 Å². The summed E-state index contributed by atoms with van der Waals surface area (Å²) in [6.45, 7) is 5.81. The van der Waals surface area contributed by atoms with Crippen LogP contribution in [0.15, 0.2) is 42.5 Å². The van der Waals surface area contributed by atoms with E-state index in [1.807, 2.05) is 42.5 Å². The molecule has 0 bridgehead atoms. The number of fused-ring (bicyclic) bond motifs is 1. The van der Waals surface area contributed by atoms with Crippen molar-refractivity contribution in [3.05, 3.63) is 58.1 Å².